The van der Waals surface area contributed by atoms with Crippen molar-refractivity contribution < 1.29 is 0 Å². The molecule has 3 aromatic rings. The quantitative estimate of drug-likeness (QED) is 0.799. The number of aromatic nitrogens is 4. The fourth-order valence-electron chi connectivity index (χ4n) is 1.92. The summed E-state index contributed by atoms with van der Waals surface area (Å²) in [4.78, 5) is 12.9. The number of imidazole rings is 1. The number of anilines is 1. The number of aryl methyl sites for hydroxylation is 1. The molecule has 0 amide bonds. The van der Waals surface area contributed by atoms with E-state index in [2.05, 4.69) is 32.6 Å². The third-order valence-corrected chi connectivity index (χ3v) is 3.77. The fourth-order valence-corrected chi connectivity index (χ4v) is 2.63. The number of pyridine rings is 1. The van der Waals surface area contributed by atoms with E-state index in [1.54, 1.807) is 23.9 Å². The van der Waals surface area contributed by atoms with Crippen LogP contribution in [-0.4, -0.2) is 19.5 Å². The van der Waals surface area contributed by atoms with Crippen LogP contribution in [0.15, 0.2) is 42.4 Å². The number of rotatable bonds is 4. The van der Waals surface area contributed by atoms with Gasteiger partial charge in [0.2, 0.25) is 0 Å². The molecule has 3 aromatic heterocycles. The van der Waals surface area contributed by atoms with Crippen molar-refractivity contribution in [1.29, 1.82) is 0 Å². The first-order valence-corrected chi connectivity index (χ1v) is 7.23. The van der Waals surface area contributed by atoms with Gasteiger partial charge in [0.1, 0.15) is 12.1 Å². The molecule has 0 bridgehead atoms. The minimum absolute atomic E-state index is 0.167. The molecule has 0 aromatic carbocycles. The van der Waals surface area contributed by atoms with E-state index in [0.29, 0.717) is 0 Å². The third kappa shape index (κ3) is 2.70. The summed E-state index contributed by atoms with van der Waals surface area (Å²) in [5.41, 5.74) is 2.04. The van der Waals surface area contributed by atoms with Crippen LogP contribution < -0.4 is 5.32 Å². The van der Waals surface area contributed by atoms with Gasteiger partial charge in [0.25, 0.3) is 0 Å². The monoisotopic (exact) mass is 285 g/mol. The van der Waals surface area contributed by atoms with Gasteiger partial charge >= 0.3 is 0 Å². The molecular weight excluding hydrogens is 270 g/mol. The van der Waals surface area contributed by atoms with Crippen LogP contribution in [0.2, 0.25) is 0 Å². The van der Waals surface area contributed by atoms with Crippen LogP contribution in [0.3, 0.4) is 0 Å². The molecule has 0 spiro atoms. The summed E-state index contributed by atoms with van der Waals surface area (Å²) in [7, 11) is 0. The van der Waals surface area contributed by atoms with E-state index in [4.69, 9.17) is 0 Å². The Labute approximate surface area is 121 Å². The predicted octanol–water partition coefficient (Wildman–Crippen LogP) is 3.21. The fraction of sp³-hybridized carbons (Fsp3) is 0.214. The van der Waals surface area contributed by atoms with Gasteiger partial charge in [-0.2, -0.15) is 0 Å². The van der Waals surface area contributed by atoms with Gasteiger partial charge in [-0.25, -0.2) is 15.0 Å². The van der Waals surface area contributed by atoms with Gasteiger partial charge in [-0.1, -0.05) is 0 Å². The van der Waals surface area contributed by atoms with Gasteiger partial charge in [-0.15, -0.1) is 11.3 Å². The van der Waals surface area contributed by atoms with Gasteiger partial charge in [-0.05, 0) is 26.0 Å². The van der Waals surface area contributed by atoms with Crippen molar-refractivity contribution in [3.8, 4) is 5.82 Å². The van der Waals surface area contributed by atoms with E-state index < -0.39 is 0 Å². The maximum absolute atomic E-state index is 4.49. The average molecular weight is 285 g/mol. The first-order valence-electron chi connectivity index (χ1n) is 6.35. The maximum Gasteiger partial charge on any atom is 0.137 e. The first kappa shape index (κ1) is 12.8. The molecule has 0 saturated carbocycles. The Kier molecular flexibility index (Phi) is 3.47. The van der Waals surface area contributed by atoms with E-state index in [1.165, 1.54) is 0 Å². The number of nitrogens with one attached hydrogen (secondary N) is 1. The van der Waals surface area contributed by atoms with E-state index in [0.717, 1.165) is 22.2 Å². The molecule has 6 heteroatoms. The van der Waals surface area contributed by atoms with Crippen LogP contribution in [0.25, 0.3) is 5.82 Å². The zero-order chi connectivity index (χ0) is 13.9. The normalized spacial score (nSPS) is 12.3. The highest BCUT2D eigenvalue weighted by molar-refractivity contribution is 7.09. The van der Waals surface area contributed by atoms with Crippen molar-refractivity contribution >= 4 is 17.0 Å². The molecule has 0 saturated heterocycles. The lowest BCUT2D eigenvalue weighted by atomic mass is 10.2. The lowest BCUT2D eigenvalue weighted by Gasteiger charge is -2.13. The Morgan fingerprint density at radius 3 is 2.85 bits per heavy atom. The standard InChI is InChI=1S/C14H15N5S/c1-10(13-8-20-11(2)18-13)17-12-3-4-14(16-7-12)19-6-5-15-9-19/h3-10,17H,1-2H3. The number of hydrogen-bond donors (Lipinski definition) is 1. The van der Waals surface area contributed by atoms with Gasteiger partial charge in [0, 0.05) is 17.8 Å². The van der Waals surface area contributed by atoms with Crippen molar-refractivity contribution in [3.63, 3.8) is 0 Å². The molecule has 5 nitrogen and oxygen atoms in total. The summed E-state index contributed by atoms with van der Waals surface area (Å²) in [6.07, 6.45) is 7.16. The van der Waals surface area contributed by atoms with Gasteiger partial charge in [0.15, 0.2) is 0 Å². The average Bonchev–Trinajstić information content (AvgIpc) is 3.10. The number of hydrogen-bond acceptors (Lipinski definition) is 5. The van der Waals surface area contributed by atoms with Gasteiger partial charge in [0.05, 0.1) is 28.6 Å². The lowest BCUT2D eigenvalue weighted by molar-refractivity contribution is 0.843. The minimum Gasteiger partial charge on any atom is -0.376 e. The minimum atomic E-state index is 0.167. The number of thiazole rings is 1. The Hall–Kier alpha value is -2.21. The maximum atomic E-state index is 4.49. The molecular formula is C14H15N5S. The van der Waals surface area contributed by atoms with E-state index in [1.807, 2.05) is 36.0 Å². The van der Waals surface area contributed by atoms with Crippen LogP contribution in [0.5, 0.6) is 0 Å². The SMILES string of the molecule is Cc1nc(C(C)Nc2ccc(-n3ccnc3)nc2)cs1. The third-order valence-electron chi connectivity index (χ3n) is 2.98. The Morgan fingerprint density at radius 2 is 2.25 bits per heavy atom. The van der Waals surface area contributed by atoms with E-state index >= 15 is 0 Å². The van der Waals surface area contributed by atoms with Gasteiger partial charge in [-0.3, -0.25) is 4.57 Å². The lowest BCUT2D eigenvalue weighted by Crippen LogP contribution is -2.07. The first-order chi connectivity index (χ1) is 9.72. The Bertz CT molecular complexity index is 672. The molecule has 0 aliphatic heterocycles. The molecule has 0 aliphatic rings. The number of nitrogens with zero attached hydrogens (tertiary/aromatic N) is 4. The van der Waals surface area contributed by atoms with Crippen LogP contribution in [-0.2, 0) is 0 Å². The summed E-state index contributed by atoms with van der Waals surface area (Å²) in [6, 6.07) is 4.14. The Morgan fingerprint density at radius 1 is 1.35 bits per heavy atom. The van der Waals surface area contributed by atoms with Crippen molar-refractivity contribution in [2.24, 2.45) is 0 Å². The summed E-state index contributed by atoms with van der Waals surface area (Å²) in [5, 5.41) is 6.57. The highest BCUT2D eigenvalue weighted by atomic mass is 32.1. The molecule has 0 fully saturated rings. The van der Waals surface area contributed by atoms with Crippen molar-refractivity contribution in [2.75, 3.05) is 5.32 Å². The topological polar surface area (TPSA) is 55.6 Å². The smallest absolute Gasteiger partial charge is 0.137 e. The predicted molar refractivity (Wildman–Crippen MR) is 80.2 cm³/mol. The van der Waals surface area contributed by atoms with E-state index in [-0.39, 0.29) is 6.04 Å². The molecule has 1 atom stereocenters. The van der Waals surface area contributed by atoms with Crippen LogP contribution in [0, 0.1) is 6.92 Å². The highest BCUT2D eigenvalue weighted by Crippen LogP contribution is 2.20. The summed E-state index contributed by atoms with van der Waals surface area (Å²) >= 11 is 1.67. The molecule has 1 unspecified atom stereocenters. The molecule has 0 radical (unpaired) electrons. The van der Waals surface area contributed by atoms with Crippen molar-refractivity contribution in [2.45, 2.75) is 19.9 Å². The molecule has 0 aliphatic carbocycles. The van der Waals surface area contributed by atoms with Crippen LogP contribution in [0.1, 0.15) is 23.7 Å². The van der Waals surface area contributed by atoms with E-state index in [9.17, 15) is 0 Å². The molecule has 1 N–H and O–H groups in total. The zero-order valence-corrected chi connectivity index (χ0v) is 12.1. The van der Waals surface area contributed by atoms with Crippen LogP contribution >= 0.6 is 11.3 Å². The summed E-state index contributed by atoms with van der Waals surface area (Å²) < 4.78 is 1.87. The molecule has 20 heavy (non-hydrogen) atoms. The summed E-state index contributed by atoms with van der Waals surface area (Å²) in [5.74, 6) is 0.852. The van der Waals surface area contributed by atoms with Crippen LogP contribution in [0.4, 0.5) is 5.69 Å². The molecule has 3 rings (SSSR count). The van der Waals surface area contributed by atoms with Crippen molar-refractivity contribution in [1.82, 2.24) is 19.5 Å². The largest absolute Gasteiger partial charge is 0.376 e. The van der Waals surface area contributed by atoms with Gasteiger partial charge < -0.3 is 5.32 Å². The molecule has 3 heterocycles. The second-order valence-electron chi connectivity index (χ2n) is 4.53. The molecule has 102 valence electrons. The zero-order valence-electron chi connectivity index (χ0n) is 11.3. The summed E-state index contributed by atoms with van der Waals surface area (Å²) in [6.45, 7) is 4.11. The van der Waals surface area contributed by atoms with Crippen molar-refractivity contribution in [3.05, 3.63) is 53.1 Å². The Balaban J connectivity index is 1.72. The second-order valence-corrected chi connectivity index (χ2v) is 5.59. The second kappa shape index (κ2) is 5.42. The highest BCUT2D eigenvalue weighted by Gasteiger charge is 2.09.